The van der Waals surface area contributed by atoms with E-state index >= 15 is 0 Å². The van der Waals surface area contributed by atoms with Gasteiger partial charge in [-0.2, -0.15) is 4.80 Å². The SMILES string of the molecule is Cn1nnc(-c2ccc(C(C(=O)Nc3ccc(Cl)cn3)C3CCC(F)(F)C3)cc2)n1. The van der Waals surface area contributed by atoms with Gasteiger partial charge in [0.05, 0.1) is 18.0 Å². The Labute approximate surface area is 176 Å². The van der Waals surface area contributed by atoms with E-state index in [0.717, 1.165) is 5.56 Å². The lowest BCUT2D eigenvalue weighted by Crippen LogP contribution is -2.27. The van der Waals surface area contributed by atoms with Crippen LogP contribution in [0, 0.1) is 5.92 Å². The number of hydrogen-bond donors (Lipinski definition) is 1. The van der Waals surface area contributed by atoms with E-state index in [1.54, 1.807) is 43.4 Å². The van der Waals surface area contributed by atoms with Gasteiger partial charge in [-0.05, 0) is 35.2 Å². The molecule has 2 unspecified atom stereocenters. The van der Waals surface area contributed by atoms with Crippen molar-refractivity contribution in [1.29, 1.82) is 0 Å². The van der Waals surface area contributed by atoms with Gasteiger partial charge in [-0.3, -0.25) is 4.79 Å². The molecule has 2 atom stereocenters. The number of aromatic nitrogens is 5. The Kier molecular flexibility index (Phi) is 5.46. The Bertz CT molecular complexity index is 1040. The van der Waals surface area contributed by atoms with Crippen molar-refractivity contribution in [3.05, 3.63) is 53.2 Å². The van der Waals surface area contributed by atoms with Crippen molar-refractivity contribution in [2.45, 2.75) is 31.1 Å². The molecule has 1 fully saturated rings. The first-order chi connectivity index (χ1) is 14.3. The fraction of sp³-hybridized carbons (Fsp3) is 0.350. The second kappa shape index (κ2) is 8.06. The van der Waals surface area contributed by atoms with Crippen molar-refractivity contribution >= 4 is 23.3 Å². The normalized spacial score (nSPS) is 18.9. The standard InChI is InChI=1S/C20H19ClF2N6O/c1-29-27-18(26-28-29)13-4-2-12(3-5-13)17(14-8-9-20(22,23)10-14)19(30)25-16-7-6-15(21)11-24-16/h2-7,11,14,17H,8-10H2,1H3,(H,24,25,30). The van der Waals surface area contributed by atoms with E-state index in [1.165, 1.54) is 11.0 Å². The maximum Gasteiger partial charge on any atom is 0.248 e. The first-order valence-electron chi connectivity index (χ1n) is 9.45. The highest BCUT2D eigenvalue weighted by molar-refractivity contribution is 6.30. The second-order valence-corrected chi connectivity index (χ2v) is 7.85. The average molecular weight is 433 g/mol. The van der Waals surface area contributed by atoms with Crippen LogP contribution in [0.2, 0.25) is 5.02 Å². The number of tetrazole rings is 1. The van der Waals surface area contributed by atoms with Gasteiger partial charge in [0, 0.05) is 24.6 Å². The molecule has 1 aliphatic rings. The smallest absolute Gasteiger partial charge is 0.248 e. The van der Waals surface area contributed by atoms with E-state index in [0.29, 0.717) is 22.2 Å². The largest absolute Gasteiger partial charge is 0.310 e. The topological polar surface area (TPSA) is 85.6 Å². The molecular weight excluding hydrogens is 414 g/mol. The molecule has 0 spiro atoms. The highest BCUT2D eigenvalue weighted by Crippen LogP contribution is 2.45. The first kappa shape index (κ1) is 20.3. The lowest BCUT2D eigenvalue weighted by Gasteiger charge is -2.23. The van der Waals surface area contributed by atoms with Gasteiger partial charge >= 0.3 is 0 Å². The van der Waals surface area contributed by atoms with Gasteiger partial charge in [-0.15, -0.1) is 10.2 Å². The zero-order valence-corrected chi connectivity index (χ0v) is 16.9. The molecule has 30 heavy (non-hydrogen) atoms. The summed E-state index contributed by atoms with van der Waals surface area (Å²) < 4.78 is 27.8. The lowest BCUT2D eigenvalue weighted by atomic mass is 9.83. The number of nitrogens with zero attached hydrogens (tertiary/aromatic N) is 5. The van der Waals surface area contributed by atoms with Gasteiger partial charge in [0.2, 0.25) is 17.7 Å². The van der Waals surface area contributed by atoms with Crippen LogP contribution in [0.4, 0.5) is 14.6 Å². The molecule has 1 aromatic carbocycles. The van der Waals surface area contributed by atoms with Crippen LogP contribution < -0.4 is 5.32 Å². The molecule has 2 heterocycles. The first-order valence-corrected chi connectivity index (χ1v) is 9.83. The Morgan fingerprint density at radius 1 is 1.27 bits per heavy atom. The number of carbonyl (C=O) groups is 1. The van der Waals surface area contributed by atoms with Crippen molar-refractivity contribution in [2.75, 3.05) is 5.32 Å². The van der Waals surface area contributed by atoms with E-state index in [1.807, 2.05) is 0 Å². The zero-order valence-electron chi connectivity index (χ0n) is 16.1. The third-order valence-corrected chi connectivity index (χ3v) is 5.43. The zero-order chi connectivity index (χ0) is 21.3. The minimum atomic E-state index is -2.76. The molecule has 0 bridgehead atoms. The molecule has 1 saturated carbocycles. The summed E-state index contributed by atoms with van der Waals surface area (Å²) in [7, 11) is 1.66. The summed E-state index contributed by atoms with van der Waals surface area (Å²) in [5.74, 6) is -3.58. The molecule has 10 heteroatoms. The predicted octanol–water partition coefficient (Wildman–Crippen LogP) is 4.08. The highest BCUT2D eigenvalue weighted by atomic mass is 35.5. The van der Waals surface area contributed by atoms with Crippen LogP contribution in [-0.2, 0) is 11.8 Å². The summed E-state index contributed by atoms with van der Waals surface area (Å²) in [5.41, 5.74) is 1.37. The number of pyridine rings is 1. The quantitative estimate of drug-likeness (QED) is 0.656. The van der Waals surface area contributed by atoms with Gasteiger partial charge in [-0.25, -0.2) is 13.8 Å². The van der Waals surface area contributed by atoms with Crippen molar-refractivity contribution in [1.82, 2.24) is 25.2 Å². The molecule has 2 aromatic heterocycles. The molecule has 3 aromatic rings. The van der Waals surface area contributed by atoms with Crippen LogP contribution in [0.5, 0.6) is 0 Å². The van der Waals surface area contributed by atoms with Gasteiger partial charge < -0.3 is 5.32 Å². The summed E-state index contributed by atoms with van der Waals surface area (Å²) in [5, 5.41) is 15.1. The van der Waals surface area contributed by atoms with Crippen LogP contribution in [0.25, 0.3) is 11.4 Å². The molecule has 1 N–H and O–H groups in total. The summed E-state index contributed by atoms with van der Waals surface area (Å²) in [6.07, 6.45) is 1.14. The fourth-order valence-corrected chi connectivity index (χ4v) is 3.91. The monoisotopic (exact) mass is 432 g/mol. The molecule has 0 saturated heterocycles. The van der Waals surface area contributed by atoms with Crippen LogP contribution >= 0.6 is 11.6 Å². The van der Waals surface area contributed by atoms with Crippen molar-refractivity contribution < 1.29 is 13.6 Å². The second-order valence-electron chi connectivity index (χ2n) is 7.41. The van der Waals surface area contributed by atoms with Crippen molar-refractivity contribution in [2.24, 2.45) is 13.0 Å². The summed E-state index contributed by atoms with van der Waals surface area (Å²) >= 11 is 5.83. The van der Waals surface area contributed by atoms with Crippen LogP contribution in [0.1, 0.15) is 30.7 Å². The third kappa shape index (κ3) is 4.46. The van der Waals surface area contributed by atoms with E-state index in [-0.39, 0.29) is 25.2 Å². The van der Waals surface area contributed by atoms with Crippen LogP contribution in [0.15, 0.2) is 42.6 Å². The van der Waals surface area contributed by atoms with E-state index < -0.39 is 17.8 Å². The van der Waals surface area contributed by atoms with E-state index in [2.05, 4.69) is 25.7 Å². The molecule has 7 nitrogen and oxygen atoms in total. The Morgan fingerprint density at radius 2 is 2.03 bits per heavy atom. The average Bonchev–Trinajstić information content (AvgIpc) is 3.29. The van der Waals surface area contributed by atoms with Gasteiger partial charge in [0.25, 0.3) is 0 Å². The third-order valence-electron chi connectivity index (χ3n) is 5.21. The van der Waals surface area contributed by atoms with Crippen molar-refractivity contribution in [3.63, 3.8) is 0 Å². The molecule has 1 aliphatic carbocycles. The van der Waals surface area contributed by atoms with Gasteiger partial charge in [0.1, 0.15) is 5.82 Å². The predicted molar refractivity (Wildman–Crippen MR) is 107 cm³/mol. The number of hydrogen-bond acceptors (Lipinski definition) is 5. The number of carbonyl (C=O) groups excluding carboxylic acids is 1. The van der Waals surface area contributed by atoms with Crippen LogP contribution in [-0.4, -0.2) is 37.0 Å². The maximum atomic E-state index is 13.9. The number of anilines is 1. The maximum absolute atomic E-state index is 13.9. The molecule has 1 amide bonds. The molecule has 156 valence electrons. The van der Waals surface area contributed by atoms with Crippen molar-refractivity contribution in [3.8, 4) is 11.4 Å². The Hall–Kier alpha value is -2.94. The Balaban J connectivity index is 1.61. The fourth-order valence-electron chi connectivity index (χ4n) is 3.80. The summed E-state index contributed by atoms with van der Waals surface area (Å²) in [4.78, 5) is 18.5. The number of halogens is 3. The molecule has 0 aliphatic heterocycles. The van der Waals surface area contributed by atoms with Gasteiger partial charge in [0.15, 0.2) is 0 Å². The number of alkyl halides is 2. The number of benzene rings is 1. The minimum absolute atomic E-state index is 0.220. The number of aryl methyl sites for hydroxylation is 1. The van der Waals surface area contributed by atoms with E-state index in [9.17, 15) is 13.6 Å². The molecular formula is C20H19ClF2N6O. The lowest BCUT2D eigenvalue weighted by molar-refractivity contribution is -0.118. The number of rotatable bonds is 5. The number of nitrogens with one attached hydrogen (secondary N) is 1. The number of amides is 1. The van der Waals surface area contributed by atoms with Gasteiger partial charge in [-0.1, -0.05) is 35.9 Å². The minimum Gasteiger partial charge on any atom is -0.310 e. The molecule has 0 radical (unpaired) electrons. The highest BCUT2D eigenvalue weighted by Gasteiger charge is 2.45. The van der Waals surface area contributed by atoms with Crippen LogP contribution in [0.3, 0.4) is 0 Å². The summed E-state index contributed by atoms with van der Waals surface area (Å²) in [6, 6.07) is 10.2. The van der Waals surface area contributed by atoms with E-state index in [4.69, 9.17) is 11.6 Å². The molecule has 4 rings (SSSR count). The summed E-state index contributed by atoms with van der Waals surface area (Å²) in [6.45, 7) is 0. The Morgan fingerprint density at radius 3 is 2.60 bits per heavy atom.